The lowest BCUT2D eigenvalue weighted by molar-refractivity contribution is 0.101. The van der Waals surface area contributed by atoms with Gasteiger partial charge in [-0.05, 0) is 67.8 Å². The molecular weight excluding hydrogens is 379 g/mol. The highest BCUT2D eigenvalue weighted by Crippen LogP contribution is 2.25. The number of amides is 1. The molecule has 0 radical (unpaired) electrons. The lowest BCUT2D eigenvalue weighted by Crippen LogP contribution is -2.16. The van der Waals surface area contributed by atoms with Crippen molar-refractivity contribution < 1.29 is 9.18 Å². The van der Waals surface area contributed by atoms with E-state index in [0.29, 0.717) is 11.4 Å². The first-order chi connectivity index (χ1) is 14.4. The fourth-order valence-corrected chi connectivity index (χ4v) is 3.34. The molecule has 3 aromatic carbocycles. The number of hydrogen-bond donors (Lipinski definition) is 1. The smallest absolute Gasteiger partial charge is 0.295 e. The molecule has 4 rings (SSSR count). The minimum Gasteiger partial charge on any atom is -0.319 e. The second-order valence-electron chi connectivity index (χ2n) is 7.19. The number of halogens is 1. The summed E-state index contributed by atoms with van der Waals surface area (Å²) >= 11 is 0. The van der Waals surface area contributed by atoms with Crippen LogP contribution in [0, 0.1) is 26.6 Å². The molecule has 0 unspecified atom stereocenters. The van der Waals surface area contributed by atoms with Gasteiger partial charge in [0.15, 0.2) is 5.82 Å². The Labute approximate surface area is 174 Å². The molecule has 6 heteroatoms. The van der Waals surface area contributed by atoms with Gasteiger partial charge in [0.2, 0.25) is 5.82 Å². The number of nitrogens with one attached hydrogen (secondary N) is 1. The molecule has 4 aromatic rings. The van der Waals surface area contributed by atoms with Crippen LogP contribution >= 0.6 is 0 Å². The molecule has 0 aliphatic heterocycles. The van der Waals surface area contributed by atoms with Gasteiger partial charge < -0.3 is 5.32 Å². The van der Waals surface area contributed by atoms with Crippen molar-refractivity contribution in [3.8, 4) is 17.1 Å². The molecule has 1 heterocycles. The first kappa shape index (κ1) is 19.5. The quantitative estimate of drug-likeness (QED) is 0.509. The predicted molar refractivity (Wildman–Crippen MR) is 115 cm³/mol. The second kappa shape index (κ2) is 7.91. The van der Waals surface area contributed by atoms with Gasteiger partial charge in [0.05, 0.1) is 5.69 Å². The van der Waals surface area contributed by atoms with Gasteiger partial charge >= 0.3 is 0 Å². The zero-order chi connectivity index (χ0) is 21.3. The molecule has 0 atom stereocenters. The largest absolute Gasteiger partial charge is 0.319 e. The van der Waals surface area contributed by atoms with Gasteiger partial charge in [-0.2, -0.15) is 0 Å². The van der Waals surface area contributed by atoms with Crippen molar-refractivity contribution >= 4 is 11.6 Å². The monoisotopic (exact) mass is 400 g/mol. The second-order valence-corrected chi connectivity index (χ2v) is 7.19. The Morgan fingerprint density at radius 3 is 2.17 bits per heavy atom. The summed E-state index contributed by atoms with van der Waals surface area (Å²) in [6.07, 6.45) is 0. The van der Waals surface area contributed by atoms with Crippen molar-refractivity contribution in [2.45, 2.75) is 20.8 Å². The van der Waals surface area contributed by atoms with Crippen LogP contribution in [0.5, 0.6) is 0 Å². The summed E-state index contributed by atoms with van der Waals surface area (Å²) in [6, 6.07) is 19.5. The molecule has 1 amide bonds. The fraction of sp³-hybridized carbons (Fsp3) is 0.125. The molecular formula is C24H21FN4O. The molecule has 1 aromatic heterocycles. The molecule has 0 aliphatic carbocycles. The standard InChI is InChI=1S/C24H21FN4O/c1-15-7-4-5-10-20(15)29-23(18-11-13-19(25)14-12-18)27-22(28-29)24(30)26-21-16(2)8-6-9-17(21)3/h4-14H,1-3H3,(H,26,30). The number of rotatable bonds is 4. The van der Waals surface area contributed by atoms with E-state index in [1.807, 2.05) is 63.2 Å². The fourth-order valence-electron chi connectivity index (χ4n) is 3.34. The van der Waals surface area contributed by atoms with E-state index in [2.05, 4.69) is 15.4 Å². The van der Waals surface area contributed by atoms with Gasteiger partial charge in [0.25, 0.3) is 5.91 Å². The average molecular weight is 400 g/mol. The van der Waals surface area contributed by atoms with Crippen molar-refractivity contribution in [2.24, 2.45) is 0 Å². The number of aromatic nitrogens is 3. The number of aryl methyl sites for hydroxylation is 3. The summed E-state index contributed by atoms with van der Waals surface area (Å²) in [7, 11) is 0. The number of para-hydroxylation sites is 2. The van der Waals surface area contributed by atoms with E-state index in [4.69, 9.17) is 0 Å². The Balaban J connectivity index is 1.80. The number of carbonyl (C=O) groups excluding carboxylic acids is 1. The van der Waals surface area contributed by atoms with E-state index in [0.717, 1.165) is 28.1 Å². The van der Waals surface area contributed by atoms with Gasteiger partial charge in [-0.15, -0.1) is 5.10 Å². The summed E-state index contributed by atoms with van der Waals surface area (Å²) in [5, 5.41) is 7.42. The zero-order valence-electron chi connectivity index (χ0n) is 17.0. The first-order valence-corrected chi connectivity index (χ1v) is 9.60. The van der Waals surface area contributed by atoms with Gasteiger partial charge in [-0.3, -0.25) is 4.79 Å². The molecule has 0 saturated carbocycles. The number of nitrogens with zero attached hydrogens (tertiary/aromatic N) is 3. The van der Waals surface area contributed by atoms with Crippen molar-refractivity contribution in [3.63, 3.8) is 0 Å². The van der Waals surface area contributed by atoms with Crippen LogP contribution in [-0.4, -0.2) is 20.7 Å². The lowest BCUT2D eigenvalue weighted by Gasteiger charge is -2.09. The van der Waals surface area contributed by atoms with Gasteiger partial charge in [-0.1, -0.05) is 36.4 Å². The number of benzene rings is 3. The highest BCUT2D eigenvalue weighted by molar-refractivity contribution is 6.02. The lowest BCUT2D eigenvalue weighted by atomic mass is 10.1. The molecule has 5 nitrogen and oxygen atoms in total. The maximum Gasteiger partial charge on any atom is 0.295 e. The minimum absolute atomic E-state index is 0.0419. The topological polar surface area (TPSA) is 59.8 Å². The summed E-state index contributed by atoms with van der Waals surface area (Å²) in [6.45, 7) is 5.83. The Bertz CT molecular complexity index is 1210. The van der Waals surface area contributed by atoms with E-state index in [1.54, 1.807) is 16.8 Å². The van der Waals surface area contributed by atoms with Crippen LogP contribution in [-0.2, 0) is 0 Å². The number of anilines is 1. The van der Waals surface area contributed by atoms with E-state index < -0.39 is 5.91 Å². The van der Waals surface area contributed by atoms with Crippen LogP contribution in [0.15, 0.2) is 66.7 Å². The van der Waals surface area contributed by atoms with Crippen LogP contribution in [0.4, 0.5) is 10.1 Å². The van der Waals surface area contributed by atoms with E-state index in [-0.39, 0.29) is 11.6 Å². The molecule has 0 spiro atoms. The Morgan fingerprint density at radius 1 is 0.867 bits per heavy atom. The molecule has 0 saturated heterocycles. The average Bonchev–Trinajstić information content (AvgIpc) is 3.17. The third kappa shape index (κ3) is 3.72. The minimum atomic E-state index is -0.400. The highest BCUT2D eigenvalue weighted by Gasteiger charge is 2.20. The Hall–Kier alpha value is -3.80. The van der Waals surface area contributed by atoms with Gasteiger partial charge in [-0.25, -0.2) is 14.1 Å². The Morgan fingerprint density at radius 2 is 1.50 bits per heavy atom. The number of carbonyl (C=O) groups is 1. The SMILES string of the molecule is Cc1ccccc1-n1nc(C(=O)Nc2c(C)cccc2C)nc1-c1ccc(F)cc1. The maximum absolute atomic E-state index is 13.4. The Kier molecular flexibility index (Phi) is 5.14. The third-order valence-electron chi connectivity index (χ3n) is 4.98. The molecule has 1 N–H and O–H groups in total. The van der Waals surface area contributed by atoms with E-state index >= 15 is 0 Å². The summed E-state index contributed by atoms with van der Waals surface area (Å²) < 4.78 is 15.1. The van der Waals surface area contributed by atoms with Crippen LogP contribution < -0.4 is 5.32 Å². The molecule has 150 valence electrons. The van der Waals surface area contributed by atoms with Crippen molar-refractivity contribution in [3.05, 3.63) is 95.1 Å². The normalized spacial score (nSPS) is 10.8. The van der Waals surface area contributed by atoms with E-state index in [1.165, 1.54) is 12.1 Å². The summed E-state index contributed by atoms with van der Waals surface area (Å²) in [4.78, 5) is 17.5. The molecule has 30 heavy (non-hydrogen) atoms. The highest BCUT2D eigenvalue weighted by atomic mass is 19.1. The van der Waals surface area contributed by atoms with E-state index in [9.17, 15) is 9.18 Å². The maximum atomic E-state index is 13.4. The van der Waals surface area contributed by atoms with Gasteiger partial charge in [0, 0.05) is 11.3 Å². The van der Waals surface area contributed by atoms with Crippen molar-refractivity contribution in [1.82, 2.24) is 14.8 Å². The molecule has 0 fully saturated rings. The van der Waals surface area contributed by atoms with Crippen LogP contribution in [0.3, 0.4) is 0 Å². The number of hydrogen-bond acceptors (Lipinski definition) is 3. The van der Waals surface area contributed by atoms with Crippen molar-refractivity contribution in [1.29, 1.82) is 0 Å². The third-order valence-corrected chi connectivity index (χ3v) is 4.98. The van der Waals surface area contributed by atoms with Crippen LogP contribution in [0.1, 0.15) is 27.3 Å². The summed E-state index contributed by atoms with van der Waals surface area (Å²) in [5.41, 5.74) is 5.11. The molecule has 0 aliphatic rings. The first-order valence-electron chi connectivity index (χ1n) is 9.60. The summed E-state index contributed by atoms with van der Waals surface area (Å²) in [5.74, 6) is -0.229. The molecule has 0 bridgehead atoms. The zero-order valence-corrected chi connectivity index (χ0v) is 17.0. The van der Waals surface area contributed by atoms with Gasteiger partial charge in [0.1, 0.15) is 5.82 Å². The van der Waals surface area contributed by atoms with Crippen LogP contribution in [0.25, 0.3) is 17.1 Å². The van der Waals surface area contributed by atoms with Crippen molar-refractivity contribution in [2.75, 3.05) is 5.32 Å². The van der Waals surface area contributed by atoms with Crippen LogP contribution in [0.2, 0.25) is 0 Å². The predicted octanol–water partition coefficient (Wildman–Crippen LogP) is 5.25.